The molecule has 0 bridgehead atoms. The maximum absolute atomic E-state index is 13.0. The average Bonchev–Trinajstić information content (AvgIpc) is 3.15. The molecule has 1 amide bonds. The van der Waals surface area contributed by atoms with Gasteiger partial charge in [-0.25, -0.2) is 4.98 Å². The third kappa shape index (κ3) is 4.94. The van der Waals surface area contributed by atoms with E-state index < -0.39 is 0 Å². The summed E-state index contributed by atoms with van der Waals surface area (Å²) >= 11 is 1.63. The molecule has 25 heavy (non-hydrogen) atoms. The van der Waals surface area contributed by atoms with Gasteiger partial charge in [0.1, 0.15) is 5.01 Å². The molecule has 3 unspecified atom stereocenters. The van der Waals surface area contributed by atoms with Crippen LogP contribution in [0.15, 0.2) is 41.9 Å². The Hall–Kier alpha value is -1.14. The summed E-state index contributed by atoms with van der Waals surface area (Å²) in [5, 5.41) is 3.02. The summed E-state index contributed by atoms with van der Waals surface area (Å²) in [7, 11) is 0. The zero-order valence-corrected chi connectivity index (χ0v) is 16.7. The number of halogens is 2. The molecule has 0 saturated carbocycles. The fourth-order valence-corrected chi connectivity index (χ4v) is 4.02. The molecule has 3 rings (SSSR count). The zero-order valence-electron chi connectivity index (χ0n) is 14.2. The number of nitrogens with two attached hydrogens (primary N) is 1. The van der Waals surface area contributed by atoms with Gasteiger partial charge in [-0.15, -0.1) is 36.2 Å². The summed E-state index contributed by atoms with van der Waals surface area (Å²) < 4.78 is 0. The summed E-state index contributed by atoms with van der Waals surface area (Å²) in [4.78, 5) is 19.5. The van der Waals surface area contributed by atoms with E-state index in [0.717, 1.165) is 36.4 Å². The van der Waals surface area contributed by atoms with Crippen LogP contribution in [0.2, 0.25) is 0 Å². The van der Waals surface area contributed by atoms with E-state index in [9.17, 15) is 4.79 Å². The Morgan fingerprint density at radius 3 is 2.64 bits per heavy atom. The number of carbonyl (C=O) groups is 1. The number of likely N-dealkylation sites (tertiary alicyclic amines) is 1. The molecular formula is C18H25Cl2N3OS. The van der Waals surface area contributed by atoms with Crippen LogP contribution in [0, 0.1) is 5.92 Å². The molecule has 1 saturated heterocycles. The number of hydrogen-bond donors (Lipinski definition) is 1. The third-order valence-corrected chi connectivity index (χ3v) is 5.51. The zero-order chi connectivity index (χ0) is 16.2. The smallest absolute Gasteiger partial charge is 0.227 e. The Balaban J connectivity index is 0.00000156. The van der Waals surface area contributed by atoms with E-state index in [1.54, 1.807) is 11.3 Å². The average molecular weight is 402 g/mol. The fraction of sp³-hybridized carbons (Fsp3) is 0.444. The fourth-order valence-electron chi connectivity index (χ4n) is 3.23. The normalized spacial score (nSPS) is 19.3. The van der Waals surface area contributed by atoms with E-state index in [4.69, 9.17) is 5.73 Å². The number of amides is 1. The minimum atomic E-state index is -0.275. The van der Waals surface area contributed by atoms with Crippen LogP contribution in [-0.4, -0.2) is 22.3 Å². The van der Waals surface area contributed by atoms with Gasteiger partial charge in [0.15, 0.2) is 0 Å². The van der Waals surface area contributed by atoms with E-state index in [1.807, 2.05) is 53.7 Å². The lowest BCUT2D eigenvalue weighted by Gasteiger charge is -2.37. The molecule has 0 aliphatic carbocycles. The van der Waals surface area contributed by atoms with Crippen LogP contribution in [0.25, 0.3) is 0 Å². The number of carbonyl (C=O) groups excluding carboxylic acids is 1. The first-order valence-electron chi connectivity index (χ1n) is 8.19. The second-order valence-electron chi connectivity index (χ2n) is 6.14. The first-order chi connectivity index (χ1) is 11.2. The lowest BCUT2D eigenvalue weighted by atomic mass is 9.92. The van der Waals surface area contributed by atoms with Crippen molar-refractivity contribution in [3.8, 4) is 0 Å². The van der Waals surface area contributed by atoms with E-state index in [1.165, 1.54) is 0 Å². The molecule has 7 heteroatoms. The molecule has 0 radical (unpaired) electrons. The predicted octanol–water partition coefficient (Wildman–Crippen LogP) is 4.38. The summed E-state index contributed by atoms with van der Waals surface area (Å²) in [6, 6.07) is 9.71. The number of benzene rings is 1. The highest BCUT2D eigenvalue weighted by Crippen LogP contribution is 2.34. The van der Waals surface area contributed by atoms with Gasteiger partial charge >= 0.3 is 0 Å². The highest BCUT2D eigenvalue weighted by molar-refractivity contribution is 7.09. The molecule has 1 fully saturated rings. The number of piperidine rings is 1. The van der Waals surface area contributed by atoms with Crippen molar-refractivity contribution in [1.29, 1.82) is 0 Å². The maximum atomic E-state index is 13.0. The molecule has 0 spiro atoms. The van der Waals surface area contributed by atoms with Crippen LogP contribution in [0.5, 0.6) is 0 Å². The first-order valence-corrected chi connectivity index (χ1v) is 9.07. The topological polar surface area (TPSA) is 59.2 Å². The number of hydrogen-bond acceptors (Lipinski definition) is 4. The Morgan fingerprint density at radius 2 is 2.00 bits per heavy atom. The van der Waals surface area contributed by atoms with Gasteiger partial charge in [0.25, 0.3) is 0 Å². The van der Waals surface area contributed by atoms with Gasteiger partial charge in [0.05, 0.1) is 12.0 Å². The predicted molar refractivity (Wildman–Crippen MR) is 107 cm³/mol. The van der Waals surface area contributed by atoms with E-state index in [0.29, 0.717) is 0 Å². The summed E-state index contributed by atoms with van der Waals surface area (Å²) in [5.74, 6) is -0.0979. The number of nitrogens with zero attached hydrogens (tertiary/aromatic N) is 2. The summed E-state index contributed by atoms with van der Waals surface area (Å²) in [5.41, 5.74) is 7.36. The molecule has 3 atom stereocenters. The molecule has 1 aromatic heterocycles. The second kappa shape index (κ2) is 10.1. The summed E-state index contributed by atoms with van der Waals surface area (Å²) in [6.45, 7) is 2.74. The van der Waals surface area contributed by atoms with Crippen molar-refractivity contribution >= 4 is 42.1 Å². The highest BCUT2D eigenvalue weighted by Gasteiger charge is 2.34. The molecule has 2 N–H and O–H groups in total. The van der Waals surface area contributed by atoms with Crippen molar-refractivity contribution in [2.45, 2.75) is 38.3 Å². The number of aromatic nitrogens is 1. The van der Waals surface area contributed by atoms with Crippen LogP contribution >= 0.6 is 36.2 Å². The van der Waals surface area contributed by atoms with Crippen molar-refractivity contribution in [1.82, 2.24) is 9.88 Å². The van der Waals surface area contributed by atoms with Crippen LogP contribution in [0.1, 0.15) is 48.8 Å². The highest BCUT2D eigenvalue weighted by atomic mass is 35.5. The van der Waals surface area contributed by atoms with Crippen LogP contribution in [0.4, 0.5) is 0 Å². The molecular weight excluding hydrogens is 377 g/mol. The van der Waals surface area contributed by atoms with Crippen LogP contribution < -0.4 is 5.73 Å². The Kier molecular flexibility index (Phi) is 8.86. The summed E-state index contributed by atoms with van der Waals surface area (Å²) in [6.07, 6.45) is 5.01. The maximum Gasteiger partial charge on any atom is 0.227 e. The standard InChI is InChI=1S/C18H23N3OS.2ClH/c1-13(16(19)14-7-3-2-4-8-14)18(22)21-11-6-5-9-15(21)17-20-10-12-23-17;;/h2-4,7-8,10,12-13,15-16H,5-6,9,11,19H2,1H3;2*1H. The molecule has 1 aromatic carbocycles. The van der Waals surface area contributed by atoms with Gasteiger partial charge < -0.3 is 10.6 Å². The Morgan fingerprint density at radius 1 is 1.28 bits per heavy atom. The van der Waals surface area contributed by atoms with Gasteiger partial charge in [0.2, 0.25) is 5.91 Å². The van der Waals surface area contributed by atoms with Crippen LogP contribution in [-0.2, 0) is 4.79 Å². The van der Waals surface area contributed by atoms with Gasteiger partial charge in [-0.2, -0.15) is 0 Å². The van der Waals surface area contributed by atoms with E-state index in [-0.39, 0.29) is 48.7 Å². The molecule has 4 nitrogen and oxygen atoms in total. The monoisotopic (exact) mass is 401 g/mol. The molecule has 1 aliphatic heterocycles. The van der Waals surface area contributed by atoms with Gasteiger partial charge in [0, 0.05) is 24.2 Å². The Bertz CT molecular complexity index is 639. The van der Waals surface area contributed by atoms with Gasteiger partial charge in [-0.3, -0.25) is 4.79 Å². The minimum Gasteiger partial charge on any atom is -0.333 e. The number of rotatable bonds is 4. The molecule has 2 heterocycles. The van der Waals surface area contributed by atoms with Crippen molar-refractivity contribution in [2.24, 2.45) is 11.7 Å². The van der Waals surface area contributed by atoms with Crippen molar-refractivity contribution < 1.29 is 4.79 Å². The van der Waals surface area contributed by atoms with Gasteiger partial charge in [-0.1, -0.05) is 37.3 Å². The third-order valence-electron chi connectivity index (χ3n) is 4.64. The lowest BCUT2D eigenvalue weighted by molar-refractivity contribution is -0.139. The molecule has 1 aliphatic rings. The van der Waals surface area contributed by atoms with Crippen molar-refractivity contribution in [3.63, 3.8) is 0 Å². The largest absolute Gasteiger partial charge is 0.333 e. The SMILES string of the molecule is CC(C(=O)N1CCCCC1c1nccs1)C(N)c1ccccc1.Cl.Cl. The second-order valence-corrected chi connectivity index (χ2v) is 7.06. The lowest BCUT2D eigenvalue weighted by Crippen LogP contribution is -2.43. The van der Waals surface area contributed by atoms with Crippen molar-refractivity contribution in [3.05, 3.63) is 52.5 Å². The first kappa shape index (κ1) is 21.9. The molecule has 2 aromatic rings. The Labute approximate surface area is 165 Å². The van der Waals surface area contributed by atoms with E-state index >= 15 is 0 Å². The van der Waals surface area contributed by atoms with Gasteiger partial charge in [-0.05, 0) is 24.8 Å². The number of thiazole rings is 1. The van der Waals surface area contributed by atoms with Crippen LogP contribution in [0.3, 0.4) is 0 Å². The quantitative estimate of drug-likeness (QED) is 0.826. The van der Waals surface area contributed by atoms with E-state index in [2.05, 4.69) is 4.98 Å². The molecule has 138 valence electrons. The van der Waals surface area contributed by atoms with Crippen molar-refractivity contribution in [2.75, 3.05) is 6.54 Å². The minimum absolute atomic E-state index is 0.